The molecule has 5 heteroatoms. The highest BCUT2D eigenvalue weighted by molar-refractivity contribution is 5.82. The van der Waals surface area contributed by atoms with Gasteiger partial charge in [0, 0.05) is 12.5 Å². The lowest BCUT2D eigenvalue weighted by Crippen LogP contribution is -2.29. The van der Waals surface area contributed by atoms with Crippen LogP contribution in [0, 0.1) is 19.8 Å². The van der Waals surface area contributed by atoms with Gasteiger partial charge in [-0.3, -0.25) is 4.79 Å². The molecule has 0 aliphatic carbocycles. The highest BCUT2D eigenvalue weighted by atomic mass is 16.2. The summed E-state index contributed by atoms with van der Waals surface area (Å²) in [5, 5.41) is 7.09. The van der Waals surface area contributed by atoms with E-state index in [0.717, 1.165) is 5.69 Å². The standard InChI is InChI=1S/C10H18N4O/c1-6(5-12-4)10(15)14-8(3)9(11)7(2)13-14/h6,12H,5,11H2,1-4H3. The van der Waals surface area contributed by atoms with Crippen LogP contribution in [0.1, 0.15) is 23.1 Å². The van der Waals surface area contributed by atoms with Crippen LogP contribution in [0.5, 0.6) is 0 Å². The Balaban J connectivity index is 2.96. The van der Waals surface area contributed by atoms with E-state index in [1.165, 1.54) is 4.68 Å². The number of carbonyl (C=O) groups is 1. The van der Waals surface area contributed by atoms with Crippen molar-refractivity contribution in [1.82, 2.24) is 15.1 Å². The number of rotatable bonds is 3. The average molecular weight is 210 g/mol. The minimum Gasteiger partial charge on any atom is -0.396 e. The molecule has 1 rings (SSSR count). The van der Waals surface area contributed by atoms with E-state index in [4.69, 9.17) is 5.73 Å². The lowest BCUT2D eigenvalue weighted by Gasteiger charge is -2.10. The first-order valence-corrected chi connectivity index (χ1v) is 4.99. The van der Waals surface area contributed by atoms with E-state index < -0.39 is 0 Å². The van der Waals surface area contributed by atoms with Crippen molar-refractivity contribution in [2.45, 2.75) is 20.8 Å². The highest BCUT2D eigenvalue weighted by Crippen LogP contribution is 2.15. The predicted octanol–water partition coefficient (Wildman–Crippen LogP) is 0.578. The zero-order chi connectivity index (χ0) is 11.6. The maximum atomic E-state index is 11.9. The highest BCUT2D eigenvalue weighted by Gasteiger charge is 2.19. The van der Waals surface area contributed by atoms with E-state index in [1.807, 2.05) is 14.0 Å². The first-order chi connectivity index (χ1) is 6.99. The Labute approximate surface area is 89.6 Å². The van der Waals surface area contributed by atoms with Gasteiger partial charge in [0.1, 0.15) is 0 Å². The van der Waals surface area contributed by atoms with Crippen LogP contribution in [-0.4, -0.2) is 29.3 Å². The summed E-state index contributed by atoms with van der Waals surface area (Å²) in [5.74, 6) is -0.131. The molecule has 0 saturated carbocycles. The molecule has 0 amide bonds. The molecule has 0 radical (unpaired) electrons. The van der Waals surface area contributed by atoms with Gasteiger partial charge in [0.15, 0.2) is 0 Å². The maximum Gasteiger partial charge on any atom is 0.251 e. The van der Waals surface area contributed by atoms with E-state index in [0.29, 0.717) is 17.9 Å². The van der Waals surface area contributed by atoms with Gasteiger partial charge >= 0.3 is 0 Å². The monoisotopic (exact) mass is 210 g/mol. The van der Waals surface area contributed by atoms with Crippen molar-refractivity contribution >= 4 is 11.6 Å². The summed E-state index contributed by atoms with van der Waals surface area (Å²) in [7, 11) is 1.82. The zero-order valence-electron chi connectivity index (χ0n) is 9.66. The van der Waals surface area contributed by atoms with Crippen molar-refractivity contribution in [3.63, 3.8) is 0 Å². The molecule has 1 aromatic heterocycles. The van der Waals surface area contributed by atoms with Crippen LogP contribution in [0.3, 0.4) is 0 Å². The van der Waals surface area contributed by atoms with Gasteiger partial charge in [-0.2, -0.15) is 5.10 Å². The SMILES string of the molecule is CNCC(C)C(=O)n1nc(C)c(N)c1C. The number of aromatic nitrogens is 2. The molecular weight excluding hydrogens is 192 g/mol. The Morgan fingerprint density at radius 1 is 1.60 bits per heavy atom. The summed E-state index contributed by atoms with van der Waals surface area (Å²) in [6, 6.07) is 0. The number of carbonyl (C=O) groups excluding carboxylic acids is 1. The Morgan fingerprint density at radius 2 is 2.20 bits per heavy atom. The molecule has 84 valence electrons. The molecule has 0 aliphatic rings. The van der Waals surface area contributed by atoms with E-state index in [-0.39, 0.29) is 11.8 Å². The fourth-order valence-electron chi connectivity index (χ4n) is 1.47. The van der Waals surface area contributed by atoms with E-state index in [2.05, 4.69) is 10.4 Å². The fourth-order valence-corrected chi connectivity index (χ4v) is 1.47. The second-order valence-electron chi connectivity index (χ2n) is 3.79. The first kappa shape index (κ1) is 11.7. The minimum absolute atomic E-state index is 0.0262. The summed E-state index contributed by atoms with van der Waals surface area (Å²) in [5.41, 5.74) is 7.79. The Hall–Kier alpha value is -1.36. The van der Waals surface area contributed by atoms with Crippen molar-refractivity contribution in [1.29, 1.82) is 0 Å². The summed E-state index contributed by atoms with van der Waals surface area (Å²) >= 11 is 0. The van der Waals surface area contributed by atoms with Crippen LogP contribution >= 0.6 is 0 Å². The number of hydrogen-bond donors (Lipinski definition) is 2. The van der Waals surface area contributed by atoms with Gasteiger partial charge < -0.3 is 11.1 Å². The van der Waals surface area contributed by atoms with Crippen molar-refractivity contribution < 1.29 is 4.79 Å². The summed E-state index contributed by atoms with van der Waals surface area (Å²) in [4.78, 5) is 11.9. The largest absolute Gasteiger partial charge is 0.396 e. The van der Waals surface area contributed by atoms with Crippen LogP contribution in [0.25, 0.3) is 0 Å². The van der Waals surface area contributed by atoms with Crippen LogP contribution in [-0.2, 0) is 0 Å². The van der Waals surface area contributed by atoms with E-state index in [1.54, 1.807) is 13.8 Å². The molecular formula is C10H18N4O. The molecule has 1 heterocycles. The van der Waals surface area contributed by atoms with E-state index >= 15 is 0 Å². The molecule has 0 aromatic carbocycles. The number of aryl methyl sites for hydroxylation is 1. The maximum absolute atomic E-state index is 11.9. The molecule has 1 atom stereocenters. The molecule has 5 nitrogen and oxygen atoms in total. The number of nitrogens with one attached hydrogen (secondary N) is 1. The van der Waals surface area contributed by atoms with Crippen LogP contribution < -0.4 is 11.1 Å². The topological polar surface area (TPSA) is 72.9 Å². The van der Waals surface area contributed by atoms with Gasteiger partial charge in [-0.1, -0.05) is 6.92 Å². The molecule has 0 spiro atoms. The Kier molecular flexibility index (Phi) is 3.47. The van der Waals surface area contributed by atoms with Crippen LogP contribution in [0.4, 0.5) is 5.69 Å². The number of nitrogens with zero attached hydrogens (tertiary/aromatic N) is 2. The lowest BCUT2D eigenvalue weighted by molar-refractivity contribution is 0.0825. The van der Waals surface area contributed by atoms with Crippen molar-refractivity contribution in [2.24, 2.45) is 5.92 Å². The van der Waals surface area contributed by atoms with Gasteiger partial charge in [0.25, 0.3) is 5.91 Å². The van der Waals surface area contributed by atoms with Crippen LogP contribution in [0.15, 0.2) is 0 Å². The number of nitrogens with two attached hydrogens (primary N) is 1. The van der Waals surface area contributed by atoms with Crippen LogP contribution in [0.2, 0.25) is 0 Å². The summed E-state index contributed by atoms with van der Waals surface area (Å²) < 4.78 is 1.40. The minimum atomic E-state index is -0.104. The molecule has 1 aromatic rings. The van der Waals surface area contributed by atoms with Crippen molar-refractivity contribution in [3.8, 4) is 0 Å². The van der Waals surface area contributed by atoms with Crippen molar-refractivity contribution in [3.05, 3.63) is 11.4 Å². The fraction of sp³-hybridized carbons (Fsp3) is 0.600. The van der Waals surface area contributed by atoms with Gasteiger partial charge in [0.05, 0.1) is 17.1 Å². The second-order valence-corrected chi connectivity index (χ2v) is 3.79. The molecule has 1 unspecified atom stereocenters. The Morgan fingerprint density at radius 3 is 2.60 bits per heavy atom. The number of hydrogen-bond acceptors (Lipinski definition) is 4. The van der Waals surface area contributed by atoms with Gasteiger partial charge in [0.2, 0.25) is 0 Å². The van der Waals surface area contributed by atoms with E-state index in [9.17, 15) is 4.79 Å². The van der Waals surface area contributed by atoms with Gasteiger partial charge in [-0.05, 0) is 20.9 Å². The predicted molar refractivity (Wildman–Crippen MR) is 59.8 cm³/mol. The molecule has 3 N–H and O–H groups in total. The van der Waals surface area contributed by atoms with Crippen molar-refractivity contribution in [2.75, 3.05) is 19.3 Å². The number of anilines is 1. The Bertz CT molecular complexity index is 370. The molecule has 0 fully saturated rings. The smallest absolute Gasteiger partial charge is 0.251 e. The van der Waals surface area contributed by atoms with Gasteiger partial charge in [-0.25, -0.2) is 4.68 Å². The third-order valence-electron chi connectivity index (χ3n) is 2.49. The molecule has 0 aliphatic heterocycles. The summed E-state index contributed by atoms with van der Waals surface area (Å²) in [6.07, 6.45) is 0. The third kappa shape index (κ3) is 2.18. The first-order valence-electron chi connectivity index (χ1n) is 4.99. The quantitative estimate of drug-likeness (QED) is 0.765. The molecule has 0 bridgehead atoms. The zero-order valence-corrected chi connectivity index (χ0v) is 9.66. The molecule has 15 heavy (non-hydrogen) atoms. The lowest BCUT2D eigenvalue weighted by atomic mass is 10.1. The molecule has 0 saturated heterocycles. The summed E-state index contributed by atoms with van der Waals surface area (Å²) in [6.45, 7) is 6.11. The van der Waals surface area contributed by atoms with Gasteiger partial charge in [-0.15, -0.1) is 0 Å². The second kappa shape index (κ2) is 4.44. The normalized spacial score (nSPS) is 12.8. The average Bonchev–Trinajstić information content (AvgIpc) is 2.45. The third-order valence-corrected chi connectivity index (χ3v) is 2.49. The number of nitrogen functional groups attached to an aromatic ring is 1.